The number of carbonyl (C=O) groups is 1. The number of nitriles is 2. The van der Waals surface area contributed by atoms with E-state index in [9.17, 15) is 42.7 Å². The molecule has 0 radical (unpaired) electrons. The molecule has 0 aliphatic carbocycles. The van der Waals surface area contributed by atoms with Gasteiger partial charge in [-0.05, 0) is 49.4 Å². The second-order valence-corrected chi connectivity index (χ2v) is 9.41. The number of ether oxygens (including phenoxy) is 1. The van der Waals surface area contributed by atoms with Gasteiger partial charge in [-0.25, -0.2) is 0 Å². The first-order valence-corrected chi connectivity index (χ1v) is 10.6. The normalized spacial score (nSPS) is 15.7. The maximum atomic E-state index is 13.2. The number of amides is 1. The summed E-state index contributed by atoms with van der Waals surface area (Å²) in [6, 6.07) is 6.46. The van der Waals surface area contributed by atoms with Crippen molar-refractivity contribution in [2.24, 2.45) is 0 Å². The zero-order valence-corrected chi connectivity index (χ0v) is 17.2. The van der Waals surface area contributed by atoms with Gasteiger partial charge in [0.05, 0.1) is 23.3 Å². The summed E-state index contributed by atoms with van der Waals surface area (Å²) in [5, 5.41) is 20.2. The third-order valence-electron chi connectivity index (χ3n) is 4.13. The van der Waals surface area contributed by atoms with Gasteiger partial charge >= 0.3 is 16.4 Å². The molecule has 14 heteroatoms. The van der Waals surface area contributed by atoms with E-state index in [1.807, 2.05) is 0 Å². The average Bonchev–Trinajstić information content (AvgIpc) is 2.70. The van der Waals surface area contributed by atoms with Crippen LogP contribution in [-0.4, -0.2) is 18.1 Å². The van der Waals surface area contributed by atoms with Gasteiger partial charge in [0.2, 0.25) is 0 Å². The van der Waals surface area contributed by atoms with E-state index >= 15 is 0 Å². The van der Waals surface area contributed by atoms with Gasteiger partial charge in [0.25, 0.3) is 5.91 Å². The Balaban J connectivity index is 2.22. The Kier molecular flexibility index (Phi) is 5.86. The number of nitrogens with one attached hydrogen (secondary N) is 1. The van der Waals surface area contributed by atoms with Crippen LogP contribution in [0.4, 0.5) is 32.6 Å². The van der Waals surface area contributed by atoms with Gasteiger partial charge in [0.1, 0.15) is 17.3 Å². The summed E-state index contributed by atoms with van der Waals surface area (Å²) in [7, 11) is -9.95. The third-order valence-corrected chi connectivity index (χ3v) is 5.29. The molecule has 0 aliphatic rings. The largest absolute Gasteiger partial charge is 0.489 e. The topological polar surface area (TPSA) is 85.9 Å². The fourth-order valence-electron chi connectivity index (χ4n) is 2.45. The van der Waals surface area contributed by atoms with Gasteiger partial charge in [0, 0.05) is 5.56 Å². The van der Waals surface area contributed by atoms with Crippen molar-refractivity contribution < 1.29 is 42.1 Å². The molecule has 0 fully saturated rings. The summed E-state index contributed by atoms with van der Waals surface area (Å²) in [6.07, 6.45) is -4.90. The van der Waals surface area contributed by atoms with E-state index in [1.54, 1.807) is 6.07 Å². The Bertz CT molecular complexity index is 1170. The van der Waals surface area contributed by atoms with Crippen molar-refractivity contribution in [1.29, 1.82) is 10.5 Å². The van der Waals surface area contributed by atoms with Gasteiger partial charge in [0.15, 0.2) is 5.54 Å². The summed E-state index contributed by atoms with van der Waals surface area (Å²) in [6.45, 7) is 0.235. The van der Waals surface area contributed by atoms with E-state index in [2.05, 4.69) is 5.32 Å². The first kappa shape index (κ1) is 25.7. The Labute approximate surface area is 181 Å². The fourth-order valence-corrected chi connectivity index (χ4v) is 3.10. The van der Waals surface area contributed by atoms with Crippen molar-refractivity contribution >= 4 is 16.1 Å². The molecule has 0 saturated heterocycles. The molecular weight excluding hydrogens is 486 g/mol. The SMILES string of the molecule is C[C@](C#N)(COc1ccc(C#N)cc1C(F)(F)F)NC(=O)c1ccc(S(F)(F)(F)(F)F)cc1. The number of hydrogen-bond donors (Lipinski definition) is 1. The van der Waals surface area contributed by atoms with Crippen LogP contribution >= 0.6 is 10.2 Å². The van der Waals surface area contributed by atoms with Crippen LogP contribution in [-0.2, 0) is 6.18 Å². The summed E-state index contributed by atoms with van der Waals surface area (Å²) in [4.78, 5) is 10.0. The van der Waals surface area contributed by atoms with Crippen LogP contribution in [0.3, 0.4) is 0 Å². The van der Waals surface area contributed by atoms with Crippen molar-refractivity contribution in [2.45, 2.75) is 23.5 Å². The van der Waals surface area contributed by atoms with Crippen LogP contribution in [0.5, 0.6) is 5.75 Å². The summed E-state index contributed by atoms with van der Waals surface area (Å²) >= 11 is 0. The van der Waals surface area contributed by atoms with Crippen LogP contribution in [0.1, 0.15) is 28.4 Å². The predicted molar refractivity (Wildman–Crippen MR) is 101 cm³/mol. The molecule has 1 N–H and O–H groups in total. The minimum atomic E-state index is -9.95. The standard InChI is InChI=1S/C19H13F8N3O2S/c1-18(10-29,11-32-16-7-2-12(9-28)8-15(16)19(20,21)22)30-17(31)13-3-5-14(6-4-13)33(23,24,25,26)27/h2-8H,11H2,1H3,(H,30,31)/t18-/m0/s1. The number of hydrogen-bond acceptors (Lipinski definition) is 4. The van der Waals surface area contributed by atoms with Crippen molar-refractivity contribution in [3.63, 3.8) is 0 Å². The summed E-state index contributed by atoms with van der Waals surface area (Å²) < 4.78 is 109. The smallest absolute Gasteiger partial charge is 0.420 e. The third kappa shape index (κ3) is 6.49. The second kappa shape index (κ2) is 7.52. The van der Waals surface area contributed by atoms with Gasteiger partial charge in [-0.2, -0.15) is 23.7 Å². The van der Waals surface area contributed by atoms with Crippen molar-refractivity contribution in [2.75, 3.05) is 6.61 Å². The molecule has 2 aromatic rings. The molecule has 2 rings (SSSR count). The highest BCUT2D eigenvalue weighted by molar-refractivity contribution is 8.45. The van der Waals surface area contributed by atoms with Crippen molar-refractivity contribution in [3.05, 3.63) is 59.2 Å². The molecule has 0 spiro atoms. The predicted octanol–water partition coefficient (Wildman–Crippen LogP) is 6.33. The Hall–Kier alpha value is -3.52. The number of halogens is 8. The van der Waals surface area contributed by atoms with Crippen LogP contribution in [0.15, 0.2) is 47.4 Å². The molecule has 2 aromatic carbocycles. The van der Waals surface area contributed by atoms with Crippen LogP contribution in [0, 0.1) is 22.7 Å². The molecular formula is C19H13F8N3O2S. The maximum Gasteiger partial charge on any atom is 0.420 e. The lowest BCUT2D eigenvalue weighted by atomic mass is 10.0. The molecule has 0 saturated carbocycles. The monoisotopic (exact) mass is 499 g/mol. The van der Waals surface area contributed by atoms with Gasteiger partial charge < -0.3 is 10.1 Å². The maximum absolute atomic E-state index is 13.2. The first-order valence-electron chi connectivity index (χ1n) is 8.60. The molecule has 5 nitrogen and oxygen atoms in total. The zero-order valence-electron chi connectivity index (χ0n) is 16.4. The van der Waals surface area contributed by atoms with Crippen molar-refractivity contribution in [3.8, 4) is 17.9 Å². The van der Waals surface area contributed by atoms with E-state index in [0.29, 0.717) is 18.2 Å². The minimum absolute atomic E-state index is 0.00302. The van der Waals surface area contributed by atoms with Crippen LogP contribution < -0.4 is 10.1 Å². The van der Waals surface area contributed by atoms with Gasteiger partial charge in [-0.3, -0.25) is 4.79 Å². The van der Waals surface area contributed by atoms with Crippen molar-refractivity contribution in [1.82, 2.24) is 5.32 Å². The molecule has 1 atom stereocenters. The number of benzene rings is 2. The Morgan fingerprint density at radius 2 is 1.61 bits per heavy atom. The number of alkyl halides is 3. The molecule has 0 bridgehead atoms. The van der Waals surface area contributed by atoms with E-state index in [-0.39, 0.29) is 17.7 Å². The molecule has 0 aromatic heterocycles. The first-order chi connectivity index (χ1) is 14.8. The number of carbonyl (C=O) groups excluding carboxylic acids is 1. The van der Waals surface area contributed by atoms with Gasteiger partial charge in [-0.15, -0.1) is 0 Å². The highest BCUT2D eigenvalue weighted by Gasteiger charge is 2.65. The zero-order chi connectivity index (χ0) is 25.4. The lowest BCUT2D eigenvalue weighted by Gasteiger charge is -2.40. The Morgan fingerprint density at radius 1 is 1.03 bits per heavy atom. The average molecular weight is 499 g/mol. The van der Waals surface area contributed by atoms with E-state index in [0.717, 1.165) is 19.1 Å². The van der Waals surface area contributed by atoms with E-state index < -0.39 is 56.2 Å². The minimum Gasteiger partial charge on any atom is -0.489 e. The lowest BCUT2D eigenvalue weighted by molar-refractivity contribution is -0.139. The van der Waals surface area contributed by atoms with Gasteiger partial charge in [-0.1, -0.05) is 19.4 Å². The molecule has 0 unspecified atom stereocenters. The van der Waals surface area contributed by atoms with E-state index in [1.165, 1.54) is 6.07 Å². The second-order valence-electron chi connectivity index (χ2n) is 7.00. The molecule has 178 valence electrons. The van der Waals surface area contributed by atoms with E-state index in [4.69, 9.17) is 10.00 Å². The quantitative estimate of drug-likeness (QED) is 0.471. The molecule has 1 amide bonds. The van der Waals surface area contributed by atoms with Crippen LogP contribution in [0.2, 0.25) is 0 Å². The lowest BCUT2D eigenvalue weighted by Crippen LogP contribution is -2.49. The highest BCUT2D eigenvalue weighted by Crippen LogP contribution is 3.02. The number of rotatable bonds is 6. The van der Waals surface area contributed by atoms with Crippen LogP contribution in [0.25, 0.3) is 0 Å². The molecule has 33 heavy (non-hydrogen) atoms. The summed E-state index contributed by atoms with van der Waals surface area (Å²) in [5.41, 5.74) is -4.09. The fraction of sp³-hybridized carbons (Fsp3) is 0.211. The Morgan fingerprint density at radius 3 is 2.06 bits per heavy atom. The summed E-state index contributed by atoms with van der Waals surface area (Å²) in [5.74, 6) is -1.90. The number of nitrogens with zero attached hydrogens (tertiary/aromatic N) is 2. The molecule has 0 aliphatic heterocycles. The molecule has 0 heterocycles. The highest BCUT2D eigenvalue weighted by atomic mass is 32.5.